The zero-order chi connectivity index (χ0) is 16.5. The molecule has 23 heavy (non-hydrogen) atoms. The summed E-state index contributed by atoms with van der Waals surface area (Å²) in [6, 6.07) is 11.7. The summed E-state index contributed by atoms with van der Waals surface area (Å²) in [7, 11) is 0. The largest absolute Gasteiger partial charge is 0.271 e. The predicted molar refractivity (Wildman–Crippen MR) is 93.1 cm³/mol. The molecule has 0 fully saturated rings. The van der Waals surface area contributed by atoms with E-state index in [1.807, 2.05) is 48.8 Å². The molecule has 3 heteroatoms. The fraction of sp³-hybridized carbons (Fsp3) is 0.400. The number of pyridine rings is 1. The molecule has 1 atom stereocenters. The van der Waals surface area contributed by atoms with E-state index < -0.39 is 0 Å². The normalized spacial score (nSPS) is 11.7. The van der Waals surface area contributed by atoms with Crippen LogP contribution >= 0.6 is 0 Å². The molecule has 0 N–H and O–H groups in total. The quantitative estimate of drug-likeness (QED) is 0.504. The van der Waals surface area contributed by atoms with Gasteiger partial charge in [0.15, 0.2) is 12.3 Å². The van der Waals surface area contributed by atoms with E-state index in [9.17, 15) is 0 Å². The van der Waals surface area contributed by atoms with Crippen LogP contribution in [0, 0.1) is 12.5 Å². The number of nitrogens with zero attached hydrogens (tertiary/aromatic N) is 2. The van der Waals surface area contributed by atoms with Crippen LogP contribution in [0.15, 0.2) is 48.8 Å². The maximum atomic E-state index is 6.99. The third kappa shape index (κ3) is 5.10. The first kappa shape index (κ1) is 17.0. The second kappa shape index (κ2) is 8.95. The van der Waals surface area contributed by atoms with E-state index in [4.69, 9.17) is 11.4 Å². The van der Waals surface area contributed by atoms with Crippen molar-refractivity contribution in [1.29, 1.82) is 0 Å². The van der Waals surface area contributed by atoms with Crippen LogP contribution in [0.2, 0.25) is 0 Å². The van der Waals surface area contributed by atoms with Crippen molar-refractivity contribution in [1.82, 2.24) is 0 Å². The van der Waals surface area contributed by atoms with E-state index in [2.05, 4.69) is 18.7 Å². The fourth-order valence-electron chi connectivity index (χ4n) is 2.51. The molecule has 1 aromatic carbocycles. The number of hydrogen-bond acceptors (Lipinski definition) is 1. The second-order valence-corrected chi connectivity index (χ2v) is 5.82. The third-order valence-corrected chi connectivity index (χ3v) is 4.13. The zero-order valence-electron chi connectivity index (χ0n) is 14.0. The maximum Gasteiger partial charge on any atom is 0.223 e. The van der Waals surface area contributed by atoms with Gasteiger partial charge < -0.3 is 0 Å². The first-order chi connectivity index (χ1) is 11.3. The van der Waals surface area contributed by atoms with Crippen LogP contribution < -0.4 is 9.57 Å². The van der Waals surface area contributed by atoms with Crippen molar-refractivity contribution in [3.05, 3.63) is 60.2 Å². The summed E-state index contributed by atoms with van der Waals surface area (Å²) in [6.07, 6.45) is 8.80. The molecule has 0 radical (unpaired) electrons. The van der Waals surface area contributed by atoms with Gasteiger partial charge in [0.25, 0.3) is 0 Å². The fourth-order valence-corrected chi connectivity index (χ4v) is 2.51. The van der Waals surface area contributed by atoms with Gasteiger partial charge in [-0.1, -0.05) is 51.0 Å². The Bertz CT molecular complexity index is 626. The van der Waals surface area contributed by atoms with Crippen LogP contribution in [-0.2, 0) is 0 Å². The Morgan fingerprint density at radius 2 is 1.70 bits per heavy atom. The third-order valence-electron chi connectivity index (χ3n) is 4.13. The van der Waals surface area contributed by atoms with Crippen LogP contribution in [-0.4, -0.2) is 6.61 Å². The van der Waals surface area contributed by atoms with E-state index >= 15 is 0 Å². The number of hydrogen-bond donors (Lipinski definition) is 0. The van der Waals surface area contributed by atoms with Crippen LogP contribution in [0.25, 0.3) is 16.0 Å². The highest BCUT2D eigenvalue weighted by Crippen LogP contribution is 2.21. The average Bonchev–Trinajstić information content (AvgIpc) is 2.62. The zero-order valence-corrected chi connectivity index (χ0v) is 14.0. The summed E-state index contributed by atoms with van der Waals surface area (Å²) in [4.78, 5) is 9.28. The Hall–Kier alpha value is -2.34. The van der Waals surface area contributed by atoms with Gasteiger partial charge in [0, 0.05) is 16.9 Å². The lowest BCUT2D eigenvalue weighted by Gasteiger charge is -2.11. The van der Waals surface area contributed by atoms with Gasteiger partial charge >= 0.3 is 0 Å². The smallest absolute Gasteiger partial charge is 0.223 e. The Balaban J connectivity index is 1.94. The average molecular weight is 309 g/mol. The molecular formula is C20H25N2O+. The van der Waals surface area contributed by atoms with Gasteiger partial charge in [-0.15, -0.1) is 0 Å². The molecule has 0 aliphatic heterocycles. The summed E-state index contributed by atoms with van der Waals surface area (Å²) in [6.45, 7) is 12.2. The molecule has 1 heterocycles. The number of benzene rings is 1. The summed E-state index contributed by atoms with van der Waals surface area (Å²) >= 11 is 0. The van der Waals surface area contributed by atoms with Crippen molar-refractivity contribution in [2.75, 3.05) is 6.61 Å². The summed E-state index contributed by atoms with van der Waals surface area (Å²) in [5.74, 6) is 0.628. The van der Waals surface area contributed by atoms with Crippen LogP contribution in [0.1, 0.15) is 39.5 Å². The molecule has 1 unspecified atom stereocenters. The molecule has 2 rings (SSSR count). The van der Waals surface area contributed by atoms with Gasteiger partial charge in [-0.05, 0) is 29.9 Å². The van der Waals surface area contributed by atoms with Gasteiger partial charge in [-0.2, -0.15) is 0 Å². The van der Waals surface area contributed by atoms with E-state index in [0.29, 0.717) is 11.6 Å². The van der Waals surface area contributed by atoms with Gasteiger partial charge in [-0.25, -0.2) is 4.85 Å². The van der Waals surface area contributed by atoms with Crippen molar-refractivity contribution in [3.8, 4) is 11.1 Å². The van der Waals surface area contributed by atoms with Crippen molar-refractivity contribution in [2.24, 2.45) is 5.92 Å². The van der Waals surface area contributed by atoms with Crippen molar-refractivity contribution in [2.45, 2.75) is 39.5 Å². The van der Waals surface area contributed by atoms with Crippen molar-refractivity contribution >= 4 is 5.69 Å². The van der Waals surface area contributed by atoms with Gasteiger partial charge in [0.1, 0.15) is 0 Å². The molecule has 0 saturated carbocycles. The lowest BCUT2D eigenvalue weighted by molar-refractivity contribution is -0.892. The SMILES string of the molecule is [C-]#[N+]c1ccc(-c2cc[n+](OCC(CC)CCCC)cc2)cc1. The molecule has 0 aliphatic rings. The number of unbranched alkanes of at least 4 members (excludes halogenated alkanes) is 1. The molecule has 0 saturated heterocycles. The number of aromatic nitrogens is 1. The maximum absolute atomic E-state index is 6.99. The molecule has 0 aliphatic carbocycles. The summed E-state index contributed by atoms with van der Waals surface area (Å²) in [5.41, 5.74) is 2.90. The molecule has 3 nitrogen and oxygen atoms in total. The standard InChI is InChI=1S/C20H25N2O/c1-4-6-7-17(5-2)16-23-22-14-12-19(13-15-22)18-8-10-20(21-3)11-9-18/h8-15,17H,4-7,16H2,1-2H3/q+1. The Labute approximate surface area is 139 Å². The molecule has 0 amide bonds. The topological polar surface area (TPSA) is 17.5 Å². The van der Waals surface area contributed by atoms with Gasteiger partial charge in [0.2, 0.25) is 12.4 Å². The molecule has 2 aromatic rings. The van der Waals surface area contributed by atoms with Crippen LogP contribution in [0.4, 0.5) is 5.69 Å². The molecule has 0 bridgehead atoms. The summed E-state index contributed by atoms with van der Waals surface area (Å²) in [5, 5.41) is 0. The molecule has 120 valence electrons. The monoisotopic (exact) mass is 309 g/mol. The molecule has 1 aromatic heterocycles. The Kier molecular flexibility index (Phi) is 6.62. The highest BCUT2D eigenvalue weighted by Gasteiger charge is 2.10. The lowest BCUT2D eigenvalue weighted by atomic mass is 10.0. The summed E-state index contributed by atoms with van der Waals surface area (Å²) < 4.78 is 1.78. The van der Waals surface area contributed by atoms with Crippen LogP contribution in [0.3, 0.4) is 0 Å². The minimum Gasteiger partial charge on any atom is -0.271 e. The highest BCUT2D eigenvalue weighted by molar-refractivity contribution is 5.65. The van der Waals surface area contributed by atoms with Crippen molar-refractivity contribution < 1.29 is 9.57 Å². The van der Waals surface area contributed by atoms with E-state index in [-0.39, 0.29) is 0 Å². The number of rotatable bonds is 8. The van der Waals surface area contributed by atoms with Gasteiger partial charge in [-0.3, -0.25) is 4.84 Å². The lowest BCUT2D eigenvalue weighted by Crippen LogP contribution is -2.43. The Morgan fingerprint density at radius 3 is 2.26 bits per heavy atom. The van der Waals surface area contributed by atoms with E-state index in [1.165, 1.54) is 19.3 Å². The van der Waals surface area contributed by atoms with Crippen molar-refractivity contribution in [3.63, 3.8) is 0 Å². The first-order valence-electron chi connectivity index (χ1n) is 8.39. The second-order valence-electron chi connectivity index (χ2n) is 5.82. The molecule has 0 spiro atoms. The molecular weight excluding hydrogens is 284 g/mol. The predicted octanol–water partition coefficient (Wildman–Crippen LogP) is 4.84. The first-order valence-corrected chi connectivity index (χ1v) is 8.39. The van der Waals surface area contributed by atoms with E-state index in [0.717, 1.165) is 24.2 Å². The minimum atomic E-state index is 0.628. The van der Waals surface area contributed by atoms with E-state index in [1.54, 1.807) is 4.73 Å². The Morgan fingerprint density at radius 1 is 1.04 bits per heavy atom. The van der Waals surface area contributed by atoms with Crippen LogP contribution in [0.5, 0.6) is 0 Å². The minimum absolute atomic E-state index is 0.628. The van der Waals surface area contributed by atoms with Gasteiger partial charge in [0.05, 0.1) is 6.57 Å². The highest BCUT2D eigenvalue weighted by atomic mass is 16.7.